The Morgan fingerprint density at radius 3 is 2.11 bits per heavy atom. The fourth-order valence-corrected chi connectivity index (χ4v) is 3.29. The molecular formula is C11H13Cl2NO4S. The molecule has 106 valence electrons. The third-order valence-electron chi connectivity index (χ3n) is 2.83. The maximum atomic E-state index is 12.2. The predicted molar refractivity (Wildman–Crippen MR) is 73.2 cm³/mol. The second kappa shape index (κ2) is 5.66. The summed E-state index contributed by atoms with van der Waals surface area (Å²) in [6.07, 6.45) is 0. The van der Waals surface area contributed by atoms with Crippen LogP contribution in [0.3, 0.4) is 0 Å². The van der Waals surface area contributed by atoms with Gasteiger partial charge in [0.25, 0.3) is 0 Å². The first kappa shape index (κ1) is 16.2. The number of sulfonamides is 1. The van der Waals surface area contributed by atoms with Crippen LogP contribution in [0.1, 0.15) is 12.5 Å². The molecule has 1 N–H and O–H groups in total. The molecule has 0 aliphatic heterocycles. The highest BCUT2D eigenvalue weighted by atomic mass is 35.5. The summed E-state index contributed by atoms with van der Waals surface area (Å²) >= 11 is 11.8. The van der Waals surface area contributed by atoms with Crippen molar-refractivity contribution in [1.29, 1.82) is 0 Å². The number of hydrogen-bond acceptors (Lipinski definition) is 3. The fourth-order valence-electron chi connectivity index (χ4n) is 1.30. The van der Waals surface area contributed by atoms with Gasteiger partial charge in [-0.3, -0.25) is 4.79 Å². The summed E-state index contributed by atoms with van der Waals surface area (Å²) in [6, 6.07) is 1.32. The van der Waals surface area contributed by atoms with Gasteiger partial charge in [-0.25, -0.2) is 8.42 Å². The third-order valence-corrected chi connectivity index (χ3v) is 5.53. The molecule has 5 nitrogen and oxygen atoms in total. The molecule has 0 fully saturated rings. The predicted octanol–water partition coefficient (Wildman–Crippen LogP) is 2.40. The zero-order chi connectivity index (χ0) is 15.0. The lowest BCUT2D eigenvalue weighted by Crippen LogP contribution is -2.40. The number of halogens is 2. The number of nitrogens with zero attached hydrogens (tertiary/aromatic N) is 1. The van der Waals surface area contributed by atoms with E-state index in [1.807, 2.05) is 0 Å². The molecule has 19 heavy (non-hydrogen) atoms. The Balaban J connectivity index is 3.32. The minimum atomic E-state index is -3.96. The SMILES string of the molecule is Cc1c(Cl)cc(S(=O)(=O)N(C)C(C)C(=O)O)cc1Cl. The highest BCUT2D eigenvalue weighted by Gasteiger charge is 2.30. The molecular weight excluding hydrogens is 313 g/mol. The topological polar surface area (TPSA) is 74.7 Å². The molecule has 1 aromatic rings. The maximum Gasteiger partial charge on any atom is 0.321 e. The van der Waals surface area contributed by atoms with Gasteiger partial charge in [0.2, 0.25) is 10.0 Å². The van der Waals surface area contributed by atoms with Crippen molar-refractivity contribution in [2.24, 2.45) is 0 Å². The number of rotatable bonds is 4. The second-order valence-corrected chi connectivity index (χ2v) is 6.86. The zero-order valence-corrected chi connectivity index (χ0v) is 12.8. The summed E-state index contributed by atoms with van der Waals surface area (Å²) in [5.74, 6) is -1.24. The van der Waals surface area contributed by atoms with E-state index >= 15 is 0 Å². The molecule has 0 saturated carbocycles. The van der Waals surface area contributed by atoms with E-state index in [0.29, 0.717) is 5.56 Å². The first-order chi connectivity index (χ1) is 8.59. The molecule has 1 rings (SSSR count). The number of carboxylic acid groups (broad SMARTS) is 1. The second-order valence-electron chi connectivity index (χ2n) is 4.05. The molecule has 1 unspecified atom stereocenters. The van der Waals surface area contributed by atoms with Crippen molar-refractivity contribution in [1.82, 2.24) is 4.31 Å². The van der Waals surface area contributed by atoms with Gasteiger partial charge in [-0.1, -0.05) is 23.2 Å². The molecule has 0 spiro atoms. The first-order valence-electron chi connectivity index (χ1n) is 5.25. The number of benzene rings is 1. The summed E-state index contributed by atoms with van der Waals surface area (Å²) in [6.45, 7) is 2.93. The van der Waals surface area contributed by atoms with E-state index in [4.69, 9.17) is 28.3 Å². The molecule has 0 heterocycles. The molecule has 1 atom stereocenters. The average molecular weight is 326 g/mol. The maximum absolute atomic E-state index is 12.2. The number of aliphatic carboxylic acids is 1. The van der Waals surface area contributed by atoms with Gasteiger partial charge >= 0.3 is 5.97 Å². The van der Waals surface area contributed by atoms with Crippen LogP contribution in [-0.4, -0.2) is 36.9 Å². The summed E-state index contributed by atoms with van der Waals surface area (Å²) in [7, 11) is -2.77. The van der Waals surface area contributed by atoms with Crippen molar-refractivity contribution < 1.29 is 18.3 Å². The average Bonchev–Trinajstić information content (AvgIpc) is 2.33. The van der Waals surface area contributed by atoms with E-state index in [-0.39, 0.29) is 14.9 Å². The zero-order valence-electron chi connectivity index (χ0n) is 10.5. The van der Waals surface area contributed by atoms with Crippen LogP contribution in [0.5, 0.6) is 0 Å². The highest BCUT2D eigenvalue weighted by molar-refractivity contribution is 7.89. The molecule has 8 heteroatoms. The van der Waals surface area contributed by atoms with E-state index in [2.05, 4.69) is 0 Å². The fraction of sp³-hybridized carbons (Fsp3) is 0.364. The van der Waals surface area contributed by atoms with Gasteiger partial charge in [0.1, 0.15) is 6.04 Å². The monoisotopic (exact) mass is 325 g/mol. The minimum Gasteiger partial charge on any atom is -0.480 e. The van der Waals surface area contributed by atoms with Crippen LogP contribution in [0.25, 0.3) is 0 Å². The van der Waals surface area contributed by atoms with Gasteiger partial charge in [-0.05, 0) is 31.5 Å². The quantitative estimate of drug-likeness (QED) is 0.922. The van der Waals surface area contributed by atoms with E-state index in [1.54, 1.807) is 6.92 Å². The van der Waals surface area contributed by atoms with Gasteiger partial charge in [0, 0.05) is 17.1 Å². The van der Waals surface area contributed by atoms with Gasteiger partial charge in [-0.15, -0.1) is 0 Å². The smallest absolute Gasteiger partial charge is 0.321 e. The van der Waals surface area contributed by atoms with Crippen LogP contribution in [0.2, 0.25) is 10.0 Å². The summed E-state index contributed by atoms with van der Waals surface area (Å²) < 4.78 is 25.2. The molecule has 0 bridgehead atoms. The summed E-state index contributed by atoms with van der Waals surface area (Å²) in [4.78, 5) is 10.7. The molecule has 0 aromatic heterocycles. The molecule has 0 saturated heterocycles. The van der Waals surface area contributed by atoms with E-state index in [1.165, 1.54) is 26.1 Å². The van der Waals surface area contributed by atoms with Crippen molar-refractivity contribution in [3.8, 4) is 0 Å². The van der Waals surface area contributed by atoms with Crippen LogP contribution < -0.4 is 0 Å². The van der Waals surface area contributed by atoms with Gasteiger partial charge in [0.05, 0.1) is 4.90 Å². The van der Waals surface area contributed by atoms with Crippen LogP contribution in [0, 0.1) is 6.92 Å². The van der Waals surface area contributed by atoms with Crippen LogP contribution >= 0.6 is 23.2 Å². The number of carboxylic acids is 1. The van der Waals surface area contributed by atoms with Crippen molar-refractivity contribution in [3.63, 3.8) is 0 Å². The van der Waals surface area contributed by atoms with Crippen molar-refractivity contribution in [3.05, 3.63) is 27.7 Å². The molecule has 0 aliphatic rings. The van der Waals surface area contributed by atoms with Crippen molar-refractivity contribution >= 4 is 39.2 Å². The third kappa shape index (κ3) is 3.20. The van der Waals surface area contributed by atoms with Gasteiger partial charge in [0.15, 0.2) is 0 Å². The van der Waals surface area contributed by atoms with E-state index < -0.39 is 22.0 Å². The Bertz CT molecular complexity index is 592. The normalized spacial score (nSPS) is 13.6. The lowest BCUT2D eigenvalue weighted by molar-refractivity contribution is -0.140. The largest absolute Gasteiger partial charge is 0.480 e. The Kier molecular flexibility index (Phi) is 4.84. The number of carbonyl (C=O) groups is 1. The molecule has 0 amide bonds. The van der Waals surface area contributed by atoms with Crippen molar-refractivity contribution in [2.45, 2.75) is 24.8 Å². The van der Waals surface area contributed by atoms with Gasteiger partial charge < -0.3 is 5.11 Å². The number of likely N-dealkylation sites (N-methyl/N-ethyl adjacent to an activating group) is 1. The summed E-state index contributed by atoms with van der Waals surface area (Å²) in [5.41, 5.74) is 0.566. The van der Waals surface area contributed by atoms with E-state index in [0.717, 1.165) is 4.31 Å². The van der Waals surface area contributed by atoms with Crippen LogP contribution in [0.15, 0.2) is 17.0 Å². The standard InChI is InChI=1S/C11H13Cl2NO4S/c1-6-9(12)4-8(5-10(6)13)19(17,18)14(3)7(2)11(15)16/h4-5,7H,1-3H3,(H,15,16). The molecule has 0 aliphatic carbocycles. The van der Waals surface area contributed by atoms with Crippen LogP contribution in [0.4, 0.5) is 0 Å². The lowest BCUT2D eigenvalue weighted by atomic mass is 10.2. The van der Waals surface area contributed by atoms with E-state index in [9.17, 15) is 13.2 Å². The molecule has 1 aromatic carbocycles. The Morgan fingerprint density at radius 1 is 1.32 bits per heavy atom. The minimum absolute atomic E-state index is 0.135. The molecule has 0 radical (unpaired) electrons. The Morgan fingerprint density at radius 2 is 1.74 bits per heavy atom. The number of hydrogen-bond donors (Lipinski definition) is 1. The first-order valence-corrected chi connectivity index (χ1v) is 7.45. The van der Waals surface area contributed by atoms with Gasteiger partial charge in [-0.2, -0.15) is 4.31 Å². The highest BCUT2D eigenvalue weighted by Crippen LogP contribution is 2.29. The van der Waals surface area contributed by atoms with Crippen molar-refractivity contribution in [2.75, 3.05) is 7.05 Å². The van der Waals surface area contributed by atoms with Crippen LogP contribution in [-0.2, 0) is 14.8 Å². The summed E-state index contributed by atoms with van der Waals surface area (Å²) in [5, 5.41) is 9.28. The Hall–Kier alpha value is -0.820. The Labute approximate surface area is 121 Å². The lowest BCUT2D eigenvalue weighted by Gasteiger charge is -2.21.